The zero-order chi connectivity index (χ0) is 11.4. The van der Waals surface area contributed by atoms with Crippen LogP contribution in [-0.2, 0) is 0 Å². The van der Waals surface area contributed by atoms with E-state index in [0.29, 0.717) is 5.82 Å². The van der Waals surface area contributed by atoms with Gasteiger partial charge in [-0.2, -0.15) is 5.10 Å². The molecular formula is C11H13N5. The zero-order valence-corrected chi connectivity index (χ0v) is 9.25. The van der Waals surface area contributed by atoms with Gasteiger partial charge in [0.2, 0.25) is 0 Å². The van der Waals surface area contributed by atoms with Crippen molar-refractivity contribution >= 4 is 17.2 Å². The summed E-state index contributed by atoms with van der Waals surface area (Å²) in [6.07, 6.45) is 1.65. The number of aromatic nitrogens is 2. The van der Waals surface area contributed by atoms with Crippen LogP contribution in [0.4, 0.5) is 17.2 Å². The first kappa shape index (κ1) is 10.4. The molecule has 16 heavy (non-hydrogen) atoms. The lowest BCUT2D eigenvalue weighted by atomic mass is 10.2. The van der Waals surface area contributed by atoms with Crippen molar-refractivity contribution in [1.82, 2.24) is 10.2 Å². The lowest BCUT2D eigenvalue weighted by molar-refractivity contribution is 1.05. The van der Waals surface area contributed by atoms with Crippen LogP contribution >= 0.6 is 0 Å². The van der Waals surface area contributed by atoms with Crippen LogP contribution in [0.25, 0.3) is 0 Å². The van der Waals surface area contributed by atoms with Gasteiger partial charge in [-0.1, -0.05) is 12.1 Å². The lowest BCUT2D eigenvalue weighted by Crippen LogP contribution is -2.08. The summed E-state index contributed by atoms with van der Waals surface area (Å²) >= 11 is 0. The first-order valence-corrected chi connectivity index (χ1v) is 4.95. The molecule has 0 amide bonds. The summed E-state index contributed by atoms with van der Waals surface area (Å²) in [6, 6.07) is 9.61. The Morgan fingerprint density at radius 2 is 1.94 bits per heavy atom. The summed E-state index contributed by atoms with van der Waals surface area (Å²) in [5, 5.41) is 14.8. The number of anilines is 1. The summed E-state index contributed by atoms with van der Waals surface area (Å²) in [5.74, 6) is 0.647. The number of benzene rings is 1. The third kappa shape index (κ3) is 2.25. The predicted molar refractivity (Wildman–Crippen MR) is 63.5 cm³/mol. The van der Waals surface area contributed by atoms with Gasteiger partial charge in [-0.3, -0.25) is 5.10 Å². The van der Waals surface area contributed by atoms with E-state index in [1.54, 1.807) is 12.3 Å². The highest BCUT2D eigenvalue weighted by molar-refractivity contribution is 5.65. The molecule has 0 spiro atoms. The van der Waals surface area contributed by atoms with E-state index in [0.717, 1.165) is 11.4 Å². The second-order valence-corrected chi connectivity index (χ2v) is 3.53. The molecule has 2 aromatic rings. The molecule has 0 radical (unpaired) electrons. The number of nitrogens with zero attached hydrogens (tertiary/aromatic N) is 4. The SMILES string of the molecule is CN(C)c1ccccc1N=Nc1ccn[nH]1. The number of para-hydroxylation sites is 1. The molecule has 1 aromatic heterocycles. The maximum absolute atomic E-state index is 4.18. The molecule has 1 aromatic carbocycles. The van der Waals surface area contributed by atoms with Gasteiger partial charge in [0.1, 0.15) is 5.69 Å². The van der Waals surface area contributed by atoms with E-state index in [-0.39, 0.29) is 0 Å². The summed E-state index contributed by atoms with van der Waals surface area (Å²) in [6.45, 7) is 0. The second-order valence-electron chi connectivity index (χ2n) is 3.53. The number of hydrogen-bond acceptors (Lipinski definition) is 4. The summed E-state index contributed by atoms with van der Waals surface area (Å²) < 4.78 is 0. The number of H-pyrrole nitrogens is 1. The summed E-state index contributed by atoms with van der Waals surface area (Å²) in [4.78, 5) is 2.00. The minimum atomic E-state index is 0.647. The van der Waals surface area contributed by atoms with Gasteiger partial charge in [0.05, 0.1) is 11.9 Å². The lowest BCUT2D eigenvalue weighted by Gasteiger charge is -2.13. The highest BCUT2D eigenvalue weighted by Crippen LogP contribution is 2.27. The fourth-order valence-electron chi connectivity index (χ4n) is 1.34. The molecule has 5 nitrogen and oxygen atoms in total. The van der Waals surface area contributed by atoms with Gasteiger partial charge in [0.15, 0.2) is 5.82 Å². The van der Waals surface area contributed by atoms with Crippen molar-refractivity contribution in [2.75, 3.05) is 19.0 Å². The molecule has 1 heterocycles. The van der Waals surface area contributed by atoms with E-state index in [9.17, 15) is 0 Å². The number of aromatic amines is 1. The molecular weight excluding hydrogens is 202 g/mol. The summed E-state index contributed by atoms with van der Waals surface area (Å²) in [7, 11) is 3.95. The molecule has 0 fully saturated rings. The Labute approximate surface area is 93.8 Å². The summed E-state index contributed by atoms with van der Waals surface area (Å²) in [5.41, 5.74) is 1.87. The van der Waals surface area contributed by atoms with Crippen LogP contribution in [0.5, 0.6) is 0 Å². The van der Waals surface area contributed by atoms with E-state index >= 15 is 0 Å². The van der Waals surface area contributed by atoms with Crippen molar-refractivity contribution in [1.29, 1.82) is 0 Å². The molecule has 1 N–H and O–H groups in total. The van der Waals surface area contributed by atoms with Crippen LogP contribution in [0.15, 0.2) is 46.8 Å². The van der Waals surface area contributed by atoms with Gasteiger partial charge in [0, 0.05) is 20.2 Å². The van der Waals surface area contributed by atoms with Gasteiger partial charge in [-0.05, 0) is 12.1 Å². The molecule has 2 rings (SSSR count). The molecule has 0 unspecified atom stereocenters. The standard InChI is InChI=1S/C11H13N5/c1-16(2)10-6-4-3-5-9(10)13-15-11-7-8-12-14-11/h3-8H,1-2H3,(H,12,14). The van der Waals surface area contributed by atoms with Crippen molar-refractivity contribution in [3.63, 3.8) is 0 Å². The average Bonchev–Trinajstić information content (AvgIpc) is 2.79. The van der Waals surface area contributed by atoms with Crippen LogP contribution in [0.2, 0.25) is 0 Å². The number of rotatable bonds is 3. The van der Waals surface area contributed by atoms with Crippen LogP contribution in [0.1, 0.15) is 0 Å². The second kappa shape index (κ2) is 4.57. The average molecular weight is 215 g/mol. The molecule has 0 aliphatic rings. The number of hydrogen-bond donors (Lipinski definition) is 1. The fourth-order valence-corrected chi connectivity index (χ4v) is 1.34. The minimum Gasteiger partial charge on any atom is -0.376 e. The molecule has 0 atom stereocenters. The van der Waals surface area contributed by atoms with Crippen LogP contribution < -0.4 is 4.90 Å². The Morgan fingerprint density at radius 1 is 1.12 bits per heavy atom. The van der Waals surface area contributed by atoms with Crippen molar-refractivity contribution in [2.45, 2.75) is 0 Å². The Hall–Kier alpha value is -2.17. The van der Waals surface area contributed by atoms with Crippen molar-refractivity contribution in [3.8, 4) is 0 Å². The molecule has 0 saturated heterocycles. The van der Waals surface area contributed by atoms with Crippen LogP contribution in [0.3, 0.4) is 0 Å². The van der Waals surface area contributed by atoms with E-state index < -0.39 is 0 Å². The van der Waals surface area contributed by atoms with Gasteiger partial charge < -0.3 is 4.90 Å². The van der Waals surface area contributed by atoms with E-state index in [2.05, 4.69) is 20.4 Å². The maximum atomic E-state index is 4.18. The largest absolute Gasteiger partial charge is 0.376 e. The zero-order valence-electron chi connectivity index (χ0n) is 9.25. The predicted octanol–water partition coefficient (Wildman–Crippen LogP) is 2.89. The third-order valence-electron chi connectivity index (χ3n) is 2.12. The topological polar surface area (TPSA) is 56.6 Å². The molecule has 0 aliphatic carbocycles. The molecule has 0 bridgehead atoms. The number of nitrogens with one attached hydrogen (secondary N) is 1. The molecule has 82 valence electrons. The normalized spacial score (nSPS) is 10.9. The highest BCUT2D eigenvalue weighted by Gasteiger charge is 2.01. The Bertz CT molecular complexity index is 473. The minimum absolute atomic E-state index is 0.647. The Morgan fingerprint density at radius 3 is 2.62 bits per heavy atom. The van der Waals surface area contributed by atoms with Crippen molar-refractivity contribution in [3.05, 3.63) is 36.5 Å². The monoisotopic (exact) mass is 215 g/mol. The number of azo groups is 1. The van der Waals surface area contributed by atoms with E-state index in [1.165, 1.54) is 0 Å². The van der Waals surface area contributed by atoms with E-state index in [4.69, 9.17) is 0 Å². The Kier molecular flexibility index (Phi) is 2.95. The fraction of sp³-hybridized carbons (Fsp3) is 0.182. The quantitative estimate of drug-likeness (QED) is 0.800. The van der Waals surface area contributed by atoms with Crippen LogP contribution in [-0.4, -0.2) is 24.3 Å². The van der Waals surface area contributed by atoms with Crippen LogP contribution in [0, 0.1) is 0 Å². The first-order valence-electron chi connectivity index (χ1n) is 4.95. The maximum Gasteiger partial charge on any atom is 0.170 e. The van der Waals surface area contributed by atoms with Gasteiger partial charge >= 0.3 is 0 Å². The smallest absolute Gasteiger partial charge is 0.170 e. The molecule has 0 aliphatic heterocycles. The highest BCUT2D eigenvalue weighted by atomic mass is 15.2. The molecule has 5 heteroatoms. The third-order valence-corrected chi connectivity index (χ3v) is 2.12. The van der Waals surface area contributed by atoms with Crippen molar-refractivity contribution < 1.29 is 0 Å². The Balaban J connectivity index is 2.27. The van der Waals surface area contributed by atoms with Gasteiger partial charge in [-0.25, -0.2) is 0 Å². The van der Waals surface area contributed by atoms with Crippen molar-refractivity contribution in [2.24, 2.45) is 10.2 Å². The van der Waals surface area contributed by atoms with Gasteiger partial charge in [0.25, 0.3) is 0 Å². The first-order chi connectivity index (χ1) is 7.77. The van der Waals surface area contributed by atoms with E-state index in [1.807, 2.05) is 43.3 Å². The molecule has 0 saturated carbocycles. The van der Waals surface area contributed by atoms with Gasteiger partial charge in [-0.15, -0.1) is 10.2 Å².